The summed E-state index contributed by atoms with van der Waals surface area (Å²) in [7, 11) is 3.32. The minimum Gasteiger partial charge on any atom is -0.493 e. The summed E-state index contributed by atoms with van der Waals surface area (Å²) in [4.78, 5) is 4.86. The number of para-hydroxylation sites is 1. The van der Waals surface area contributed by atoms with Crippen molar-refractivity contribution >= 4 is 0 Å². The van der Waals surface area contributed by atoms with Crippen molar-refractivity contribution in [2.45, 2.75) is 19.5 Å². The third-order valence-electron chi connectivity index (χ3n) is 5.64. The maximum Gasteiger partial charge on any atom is 0.173 e. The zero-order valence-corrected chi connectivity index (χ0v) is 17.7. The van der Waals surface area contributed by atoms with Crippen molar-refractivity contribution in [3.05, 3.63) is 53.7 Å². The summed E-state index contributed by atoms with van der Waals surface area (Å²) < 4.78 is 18.6. The van der Waals surface area contributed by atoms with Crippen LogP contribution < -0.4 is 9.47 Å². The highest BCUT2D eigenvalue weighted by atomic mass is 16.5. The molecule has 0 bridgehead atoms. The Morgan fingerprint density at radius 3 is 2.57 bits per heavy atom. The number of hydrogen-bond acceptors (Lipinski definition) is 8. The van der Waals surface area contributed by atoms with E-state index in [9.17, 15) is 0 Å². The van der Waals surface area contributed by atoms with Crippen molar-refractivity contribution in [2.24, 2.45) is 0 Å². The van der Waals surface area contributed by atoms with Gasteiger partial charge in [-0.2, -0.15) is 0 Å². The van der Waals surface area contributed by atoms with Gasteiger partial charge in [-0.05, 0) is 35.2 Å². The molecule has 1 aromatic carbocycles. The van der Waals surface area contributed by atoms with Crippen molar-refractivity contribution in [1.82, 2.24) is 30.0 Å². The Kier molecular flexibility index (Phi) is 6.29. The van der Waals surface area contributed by atoms with Gasteiger partial charge in [0.15, 0.2) is 17.3 Å². The van der Waals surface area contributed by atoms with Crippen molar-refractivity contribution in [2.75, 3.05) is 46.9 Å². The van der Waals surface area contributed by atoms with Gasteiger partial charge in [0.1, 0.15) is 18.3 Å². The van der Waals surface area contributed by atoms with Gasteiger partial charge in [-0.1, -0.05) is 19.1 Å². The maximum atomic E-state index is 5.77. The summed E-state index contributed by atoms with van der Waals surface area (Å²) in [5.41, 5.74) is 0.984. The fraction of sp³-hybridized carbons (Fsp3) is 0.476. The maximum absolute atomic E-state index is 5.77. The Balaban J connectivity index is 1.75. The molecular formula is C21H28N6O3. The second-order valence-corrected chi connectivity index (χ2v) is 7.23. The van der Waals surface area contributed by atoms with E-state index < -0.39 is 0 Å². The average molecular weight is 412 g/mol. The Morgan fingerprint density at radius 1 is 1.07 bits per heavy atom. The highest BCUT2D eigenvalue weighted by Crippen LogP contribution is 2.39. The Bertz CT molecular complexity index is 934. The predicted octanol–water partition coefficient (Wildman–Crippen LogP) is 2.06. The first-order valence-electron chi connectivity index (χ1n) is 10.2. The largest absolute Gasteiger partial charge is 0.493 e. The van der Waals surface area contributed by atoms with Crippen LogP contribution in [-0.4, -0.2) is 77.0 Å². The van der Waals surface area contributed by atoms with Crippen molar-refractivity contribution in [3.63, 3.8) is 0 Å². The van der Waals surface area contributed by atoms with E-state index in [2.05, 4.69) is 38.3 Å². The molecule has 1 atom stereocenters. The molecule has 1 saturated heterocycles. The second-order valence-electron chi connectivity index (χ2n) is 7.23. The van der Waals surface area contributed by atoms with Crippen LogP contribution in [0.4, 0.5) is 0 Å². The molecule has 0 unspecified atom stereocenters. The smallest absolute Gasteiger partial charge is 0.173 e. The molecule has 0 radical (unpaired) electrons. The standard InChI is InChI=1S/C21H28N6O3/c1-4-25-10-12-26(13-11-25)19(17-8-5-9-18(28-2)20(17)29-3)21-22-23-24-27(21)15-16-7-6-14-30-16/h5-9,14,19H,4,10-13,15H2,1-3H3/t19-/m1/s1. The van der Waals surface area contributed by atoms with Gasteiger partial charge in [0, 0.05) is 31.7 Å². The number of aromatic nitrogens is 4. The van der Waals surface area contributed by atoms with Gasteiger partial charge in [-0.25, -0.2) is 4.68 Å². The Morgan fingerprint density at radius 2 is 1.90 bits per heavy atom. The van der Waals surface area contributed by atoms with Crippen LogP contribution in [0.25, 0.3) is 0 Å². The first kappa shape index (κ1) is 20.4. The number of rotatable bonds is 8. The van der Waals surface area contributed by atoms with Crippen LogP contribution in [0.2, 0.25) is 0 Å². The lowest BCUT2D eigenvalue weighted by Crippen LogP contribution is -2.48. The van der Waals surface area contributed by atoms with E-state index in [4.69, 9.17) is 13.9 Å². The lowest BCUT2D eigenvalue weighted by atomic mass is 10.0. The SMILES string of the molecule is CCN1CCN([C@H](c2cccc(OC)c2OC)c2nnnn2Cc2ccco2)CC1. The van der Waals surface area contributed by atoms with E-state index in [1.807, 2.05) is 24.3 Å². The van der Waals surface area contributed by atoms with Crippen LogP contribution in [0.5, 0.6) is 11.5 Å². The van der Waals surface area contributed by atoms with E-state index in [-0.39, 0.29) is 6.04 Å². The quantitative estimate of drug-likeness (QED) is 0.556. The van der Waals surface area contributed by atoms with Gasteiger partial charge in [0.05, 0.1) is 20.5 Å². The molecular weight excluding hydrogens is 384 g/mol. The molecule has 1 aliphatic heterocycles. The first-order valence-corrected chi connectivity index (χ1v) is 10.2. The fourth-order valence-electron chi connectivity index (χ4n) is 4.03. The third kappa shape index (κ3) is 4.03. The molecule has 3 heterocycles. The number of hydrogen-bond donors (Lipinski definition) is 0. The van der Waals surface area contributed by atoms with Gasteiger partial charge in [0.25, 0.3) is 0 Å². The van der Waals surface area contributed by atoms with E-state index in [1.165, 1.54) is 0 Å². The predicted molar refractivity (Wildman–Crippen MR) is 111 cm³/mol. The zero-order chi connectivity index (χ0) is 20.9. The molecule has 160 valence electrons. The number of piperazine rings is 1. The molecule has 0 N–H and O–H groups in total. The van der Waals surface area contributed by atoms with Gasteiger partial charge >= 0.3 is 0 Å². The summed E-state index contributed by atoms with van der Waals surface area (Å²) in [5.74, 6) is 2.95. The lowest BCUT2D eigenvalue weighted by molar-refractivity contribution is 0.107. The molecule has 2 aromatic heterocycles. The number of likely N-dealkylation sites (N-methyl/N-ethyl adjacent to an activating group) is 1. The Labute approximate surface area is 176 Å². The molecule has 1 fully saturated rings. The lowest BCUT2D eigenvalue weighted by Gasteiger charge is -2.38. The van der Waals surface area contributed by atoms with E-state index in [1.54, 1.807) is 25.2 Å². The molecule has 0 spiro atoms. The monoisotopic (exact) mass is 412 g/mol. The number of furan rings is 1. The molecule has 4 rings (SSSR count). The molecule has 0 aliphatic carbocycles. The number of ether oxygens (including phenoxy) is 2. The average Bonchev–Trinajstić information content (AvgIpc) is 3.47. The molecule has 0 amide bonds. The summed E-state index contributed by atoms with van der Waals surface area (Å²) in [6.45, 7) is 7.53. The topological polar surface area (TPSA) is 81.7 Å². The minimum atomic E-state index is -0.168. The number of nitrogens with zero attached hydrogens (tertiary/aromatic N) is 6. The van der Waals surface area contributed by atoms with Gasteiger partial charge in [-0.3, -0.25) is 4.90 Å². The molecule has 30 heavy (non-hydrogen) atoms. The summed E-state index contributed by atoms with van der Waals surface area (Å²) in [6.07, 6.45) is 1.66. The summed E-state index contributed by atoms with van der Waals surface area (Å²) in [6, 6.07) is 9.56. The fourth-order valence-corrected chi connectivity index (χ4v) is 4.03. The number of tetrazole rings is 1. The van der Waals surface area contributed by atoms with Gasteiger partial charge < -0.3 is 18.8 Å². The Hall–Kier alpha value is -2.91. The van der Waals surface area contributed by atoms with Crippen LogP contribution in [0.3, 0.4) is 0 Å². The number of benzene rings is 1. The molecule has 0 saturated carbocycles. The van der Waals surface area contributed by atoms with E-state index >= 15 is 0 Å². The third-order valence-corrected chi connectivity index (χ3v) is 5.64. The molecule has 3 aromatic rings. The minimum absolute atomic E-state index is 0.168. The normalized spacial score (nSPS) is 16.5. The van der Waals surface area contributed by atoms with Crippen molar-refractivity contribution in [1.29, 1.82) is 0 Å². The second kappa shape index (κ2) is 9.27. The van der Waals surface area contributed by atoms with Crippen LogP contribution in [0.1, 0.15) is 30.1 Å². The molecule has 9 heteroatoms. The zero-order valence-electron chi connectivity index (χ0n) is 17.7. The van der Waals surface area contributed by atoms with Crippen molar-refractivity contribution in [3.8, 4) is 11.5 Å². The molecule has 1 aliphatic rings. The molecule has 9 nitrogen and oxygen atoms in total. The van der Waals surface area contributed by atoms with E-state index in [0.717, 1.165) is 49.9 Å². The van der Waals surface area contributed by atoms with Crippen LogP contribution in [0, 0.1) is 0 Å². The number of methoxy groups -OCH3 is 2. The van der Waals surface area contributed by atoms with Gasteiger partial charge in [0.2, 0.25) is 0 Å². The highest BCUT2D eigenvalue weighted by Gasteiger charge is 2.33. The highest BCUT2D eigenvalue weighted by molar-refractivity contribution is 5.49. The van der Waals surface area contributed by atoms with Crippen molar-refractivity contribution < 1.29 is 13.9 Å². The van der Waals surface area contributed by atoms with E-state index in [0.29, 0.717) is 18.0 Å². The van der Waals surface area contributed by atoms with Gasteiger partial charge in [-0.15, -0.1) is 5.10 Å². The van der Waals surface area contributed by atoms with Crippen LogP contribution >= 0.6 is 0 Å². The first-order chi connectivity index (χ1) is 14.7. The van der Waals surface area contributed by atoms with Crippen LogP contribution in [-0.2, 0) is 6.54 Å². The van der Waals surface area contributed by atoms with Crippen LogP contribution in [0.15, 0.2) is 41.0 Å². The summed E-state index contributed by atoms with van der Waals surface area (Å²) in [5, 5.41) is 12.7. The summed E-state index contributed by atoms with van der Waals surface area (Å²) >= 11 is 0.